The summed E-state index contributed by atoms with van der Waals surface area (Å²) in [6.07, 6.45) is 0.0269. The molecule has 3 aromatic rings. The maximum absolute atomic E-state index is 12.6. The van der Waals surface area contributed by atoms with Gasteiger partial charge in [0.15, 0.2) is 11.6 Å². The molecule has 6 heteroatoms. The average Bonchev–Trinajstić information content (AvgIpc) is 3.34. The van der Waals surface area contributed by atoms with Crippen LogP contribution in [0, 0.1) is 0 Å². The number of rotatable bonds is 2. The van der Waals surface area contributed by atoms with Crippen LogP contribution in [0.2, 0.25) is 0 Å². The van der Waals surface area contributed by atoms with E-state index in [9.17, 15) is 9.59 Å². The molecule has 0 amide bonds. The van der Waals surface area contributed by atoms with Gasteiger partial charge >= 0.3 is 0 Å². The molecule has 4 heterocycles. The number of carbonyl (C=O) groups is 2. The number of ketones is 2. The van der Waals surface area contributed by atoms with Crippen molar-refractivity contribution in [3.05, 3.63) is 68.0 Å². The van der Waals surface area contributed by atoms with Crippen molar-refractivity contribution in [3.8, 4) is 11.5 Å². The smallest absolute Gasteiger partial charge is 0.170 e. The molecule has 0 radical (unpaired) electrons. The fourth-order valence-electron chi connectivity index (χ4n) is 3.40. The van der Waals surface area contributed by atoms with E-state index < -0.39 is 0 Å². The number of benzene rings is 1. The van der Waals surface area contributed by atoms with Gasteiger partial charge in [-0.3, -0.25) is 9.59 Å². The minimum atomic E-state index is -0.277. The molecule has 1 aromatic carbocycles. The molecule has 2 aromatic heterocycles. The summed E-state index contributed by atoms with van der Waals surface area (Å²) in [5.41, 5.74) is 0.950. The van der Waals surface area contributed by atoms with Crippen LogP contribution in [0.4, 0.5) is 0 Å². The Hall–Kier alpha value is -2.44. The largest absolute Gasteiger partial charge is 0.484 e. The molecule has 0 saturated carbocycles. The normalized spacial score (nSPS) is 21.5. The van der Waals surface area contributed by atoms with Crippen molar-refractivity contribution in [3.63, 3.8) is 0 Å². The van der Waals surface area contributed by atoms with Crippen LogP contribution in [0.1, 0.15) is 55.5 Å². The molecule has 0 spiro atoms. The van der Waals surface area contributed by atoms with Gasteiger partial charge in [0.1, 0.15) is 23.7 Å². The zero-order valence-electron chi connectivity index (χ0n) is 13.6. The molecular weight excluding hydrogens is 368 g/mol. The van der Waals surface area contributed by atoms with Crippen LogP contribution in [0.15, 0.2) is 47.2 Å². The number of hydrogen-bond donors (Lipinski definition) is 0. The number of Topliss-reactive ketones (excluding diaryl/α,β-unsaturated/α-hetero) is 2. The van der Waals surface area contributed by atoms with Crippen molar-refractivity contribution < 1.29 is 19.1 Å². The summed E-state index contributed by atoms with van der Waals surface area (Å²) < 4.78 is 12.1. The first-order chi connectivity index (χ1) is 12.7. The number of carbonyl (C=O) groups excluding carboxylic acids is 2. The van der Waals surface area contributed by atoms with Crippen molar-refractivity contribution in [1.29, 1.82) is 0 Å². The average molecular weight is 382 g/mol. The summed E-state index contributed by atoms with van der Waals surface area (Å²) in [6, 6.07) is 11.2. The Morgan fingerprint density at radius 3 is 1.69 bits per heavy atom. The second-order valence-electron chi connectivity index (χ2n) is 6.34. The summed E-state index contributed by atoms with van der Waals surface area (Å²) in [5.74, 6) is 0.998. The lowest BCUT2D eigenvalue weighted by atomic mass is 9.93. The van der Waals surface area contributed by atoms with Gasteiger partial charge in [0.2, 0.25) is 0 Å². The summed E-state index contributed by atoms with van der Waals surface area (Å²) in [5, 5.41) is 3.94. The molecule has 4 nitrogen and oxygen atoms in total. The highest BCUT2D eigenvalue weighted by Gasteiger charge is 2.34. The molecule has 2 aliphatic rings. The topological polar surface area (TPSA) is 52.6 Å². The van der Waals surface area contributed by atoms with Gasteiger partial charge in [0.25, 0.3) is 0 Å². The van der Waals surface area contributed by atoms with E-state index in [1.165, 1.54) is 0 Å². The van der Waals surface area contributed by atoms with Crippen LogP contribution in [0.3, 0.4) is 0 Å². The van der Waals surface area contributed by atoms with Gasteiger partial charge in [-0.2, -0.15) is 0 Å². The van der Waals surface area contributed by atoms with Crippen molar-refractivity contribution in [2.75, 3.05) is 0 Å². The fourth-order valence-corrected chi connectivity index (χ4v) is 4.91. The van der Waals surface area contributed by atoms with Gasteiger partial charge in [0, 0.05) is 15.8 Å². The first-order valence-electron chi connectivity index (χ1n) is 8.33. The fraction of sp³-hybridized carbons (Fsp3) is 0.200. The van der Waals surface area contributed by atoms with Crippen LogP contribution in [-0.4, -0.2) is 11.6 Å². The van der Waals surface area contributed by atoms with Crippen LogP contribution >= 0.6 is 22.7 Å². The number of thiophene rings is 2. The van der Waals surface area contributed by atoms with Crippen molar-refractivity contribution >= 4 is 34.2 Å². The lowest BCUT2D eigenvalue weighted by Crippen LogP contribution is -2.23. The Labute approximate surface area is 158 Å². The Bertz CT molecular complexity index is 912. The summed E-state index contributed by atoms with van der Waals surface area (Å²) >= 11 is 3.15. The Morgan fingerprint density at radius 2 is 1.27 bits per heavy atom. The summed E-state index contributed by atoms with van der Waals surface area (Å²) in [7, 11) is 0. The van der Waals surface area contributed by atoms with Gasteiger partial charge < -0.3 is 9.47 Å². The Balaban J connectivity index is 1.53. The highest BCUT2D eigenvalue weighted by Crippen LogP contribution is 2.43. The first-order valence-corrected chi connectivity index (χ1v) is 10.1. The van der Waals surface area contributed by atoms with Gasteiger partial charge in [0.05, 0.1) is 24.0 Å². The number of hydrogen-bond acceptors (Lipinski definition) is 6. The maximum atomic E-state index is 12.6. The molecule has 2 atom stereocenters. The van der Waals surface area contributed by atoms with E-state index in [0.717, 1.165) is 9.75 Å². The molecule has 0 bridgehead atoms. The van der Waals surface area contributed by atoms with Crippen LogP contribution in [0.25, 0.3) is 0 Å². The third kappa shape index (κ3) is 2.57. The maximum Gasteiger partial charge on any atom is 0.170 e. The van der Waals surface area contributed by atoms with Gasteiger partial charge in [-0.15, -0.1) is 22.7 Å². The number of ether oxygens (including phenoxy) is 2. The molecule has 0 unspecified atom stereocenters. The highest BCUT2D eigenvalue weighted by molar-refractivity contribution is 7.10. The van der Waals surface area contributed by atoms with E-state index in [0.29, 0.717) is 35.5 Å². The van der Waals surface area contributed by atoms with E-state index in [4.69, 9.17) is 9.47 Å². The monoisotopic (exact) mass is 382 g/mol. The molecule has 130 valence electrons. The third-order valence-corrected chi connectivity index (χ3v) is 6.61. The molecule has 26 heavy (non-hydrogen) atoms. The van der Waals surface area contributed by atoms with Crippen molar-refractivity contribution in [1.82, 2.24) is 0 Å². The predicted octanol–water partition coefficient (Wildman–Crippen LogP) is 5.22. The lowest BCUT2D eigenvalue weighted by Gasteiger charge is -2.29. The van der Waals surface area contributed by atoms with E-state index >= 15 is 0 Å². The van der Waals surface area contributed by atoms with E-state index in [1.807, 2.05) is 35.0 Å². The minimum absolute atomic E-state index is 0.000584. The Morgan fingerprint density at radius 1 is 0.769 bits per heavy atom. The third-order valence-electron chi connectivity index (χ3n) is 4.68. The summed E-state index contributed by atoms with van der Waals surface area (Å²) in [6.45, 7) is 0. The quantitative estimate of drug-likeness (QED) is 0.609. The first kappa shape index (κ1) is 15.8. The molecule has 0 fully saturated rings. The standard InChI is InChI=1S/C20H14O4S2/c21-13-8-17(19-3-1-5-25-19)23-15-10-16-12(7-11(13)15)14(22)9-18(24-16)20-4-2-6-26-20/h1-7,10,17-18H,8-9H2/t17-,18+. The lowest BCUT2D eigenvalue weighted by molar-refractivity contribution is 0.0836. The second-order valence-corrected chi connectivity index (χ2v) is 8.30. The molecule has 2 aliphatic heterocycles. The van der Waals surface area contributed by atoms with Gasteiger partial charge in [-0.25, -0.2) is 0 Å². The minimum Gasteiger partial charge on any atom is -0.484 e. The van der Waals surface area contributed by atoms with Crippen LogP contribution < -0.4 is 9.47 Å². The molecule has 0 saturated heterocycles. The molecule has 0 N–H and O–H groups in total. The molecule has 5 rings (SSSR count). The second kappa shape index (κ2) is 6.07. The van der Waals surface area contributed by atoms with E-state index in [1.54, 1.807) is 34.8 Å². The van der Waals surface area contributed by atoms with E-state index in [2.05, 4.69) is 0 Å². The van der Waals surface area contributed by atoms with Crippen LogP contribution in [0.5, 0.6) is 11.5 Å². The molecular formula is C20H14O4S2. The zero-order chi connectivity index (χ0) is 17.7. The zero-order valence-corrected chi connectivity index (χ0v) is 15.3. The Kier molecular flexibility index (Phi) is 3.69. The predicted molar refractivity (Wildman–Crippen MR) is 99.7 cm³/mol. The van der Waals surface area contributed by atoms with E-state index in [-0.39, 0.29) is 23.8 Å². The van der Waals surface area contributed by atoms with Gasteiger partial charge in [-0.1, -0.05) is 12.1 Å². The highest BCUT2D eigenvalue weighted by atomic mass is 32.1. The van der Waals surface area contributed by atoms with Gasteiger partial charge in [-0.05, 0) is 29.0 Å². The SMILES string of the molecule is O=C1C[C@@H](c2cccs2)Oc2cc3c(cc21)C(=O)C[C@H](c1cccs1)O3. The number of fused-ring (bicyclic) bond motifs is 2. The van der Waals surface area contributed by atoms with Crippen molar-refractivity contribution in [2.24, 2.45) is 0 Å². The molecule has 0 aliphatic carbocycles. The summed E-state index contributed by atoms with van der Waals surface area (Å²) in [4.78, 5) is 27.3. The van der Waals surface area contributed by atoms with Crippen LogP contribution in [-0.2, 0) is 0 Å². The van der Waals surface area contributed by atoms with Crippen molar-refractivity contribution in [2.45, 2.75) is 25.0 Å².